The third-order valence-electron chi connectivity index (χ3n) is 2.88. The van der Waals surface area contributed by atoms with Gasteiger partial charge in [0.25, 0.3) is 0 Å². The number of nitrogens with one attached hydrogen (secondary N) is 1. The van der Waals surface area contributed by atoms with Gasteiger partial charge in [-0.1, -0.05) is 0 Å². The van der Waals surface area contributed by atoms with Gasteiger partial charge < -0.3 is 10.8 Å². The number of aliphatic hydroxyl groups is 1. The van der Waals surface area contributed by atoms with E-state index in [0.717, 1.165) is 0 Å². The Morgan fingerprint density at radius 1 is 1.32 bits per heavy atom. The summed E-state index contributed by atoms with van der Waals surface area (Å²) in [5.74, 6) is -0.300. The summed E-state index contributed by atoms with van der Waals surface area (Å²) in [7, 11) is -3.51. The maximum absolute atomic E-state index is 12.1. The summed E-state index contributed by atoms with van der Waals surface area (Å²) in [5, 5.41) is 19.3. The van der Waals surface area contributed by atoms with E-state index in [0.29, 0.717) is 36.0 Å². The minimum atomic E-state index is -3.51. The minimum Gasteiger partial charge on any atom is -0.395 e. The fourth-order valence-electron chi connectivity index (χ4n) is 1.99. The van der Waals surface area contributed by atoms with Crippen LogP contribution in [0.1, 0.15) is 12.0 Å². The summed E-state index contributed by atoms with van der Waals surface area (Å²) in [4.78, 5) is 0.205. The molecular weight excluding hydrogens is 268 g/mol. The molecule has 1 heterocycles. The van der Waals surface area contributed by atoms with Gasteiger partial charge in [0.1, 0.15) is 11.0 Å². The molecule has 4 N–H and O–H groups in total. The monoisotopic (exact) mass is 284 g/mol. The first-order valence-electron chi connectivity index (χ1n) is 5.96. The third-order valence-corrected chi connectivity index (χ3v) is 4.65. The number of sulfone groups is 1. The first kappa shape index (κ1) is 13.9. The van der Waals surface area contributed by atoms with Crippen LogP contribution in [0.15, 0.2) is 17.0 Å². The highest BCUT2D eigenvalue weighted by Gasteiger charge is 2.21. The lowest BCUT2D eigenvalue weighted by molar-refractivity contribution is 0.319. The highest BCUT2D eigenvalue weighted by atomic mass is 32.2. The molecule has 1 aromatic heterocycles. The molecule has 8 heteroatoms. The van der Waals surface area contributed by atoms with Crippen molar-refractivity contribution in [3.05, 3.63) is 17.7 Å². The number of nitrogens with two attached hydrogens (primary N) is 1. The Hall–Kier alpha value is -1.51. The predicted molar refractivity (Wildman–Crippen MR) is 70.4 cm³/mol. The maximum Gasteiger partial charge on any atom is 0.180 e. The van der Waals surface area contributed by atoms with Crippen LogP contribution in [-0.4, -0.2) is 47.8 Å². The van der Waals surface area contributed by atoms with Gasteiger partial charge in [-0.2, -0.15) is 15.4 Å². The number of rotatable bonds is 6. The standard InChI is InChI=1S/C11H16N4O3S/c12-5-1-2-8-10(19(17,18)7-6-16)4-3-9-11(8)14-15-13-9/h3-4,16H,1-2,5-7,12H2,(H,13,14,15). The molecule has 7 nitrogen and oxygen atoms in total. The lowest BCUT2D eigenvalue weighted by Crippen LogP contribution is -2.13. The molecular formula is C11H16N4O3S. The van der Waals surface area contributed by atoms with E-state index in [1.807, 2.05) is 0 Å². The predicted octanol–water partition coefficient (Wildman–Crippen LogP) is -0.385. The van der Waals surface area contributed by atoms with Crippen molar-refractivity contribution < 1.29 is 13.5 Å². The summed E-state index contributed by atoms with van der Waals surface area (Å²) in [6.07, 6.45) is 1.17. The summed E-state index contributed by atoms with van der Waals surface area (Å²) in [6, 6.07) is 3.12. The topological polar surface area (TPSA) is 122 Å². The SMILES string of the molecule is NCCCc1c(S(=O)(=O)CCO)ccc2n[nH]nc12. The van der Waals surface area contributed by atoms with Crippen LogP contribution in [-0.2, 0) is 16.3 Å². The molecule has 2 aromatic rings. The molecule has 0 unspecified atom stereocenters. The van der Waals surface area contributed by atoms with Crippen molar-refractivity contribution in [3.63, 3.8) is 0 Å². The van der Waals surface area contributed by atoms with Crippen molar-refractivity contribution in [2.75, 3.05) is 18.9 Å². The Bertz CT molecular complexity index is 666. The molecule has 0 aliphatic carbocycles. The summed E-state index contributed by atoms with van der Waals surface area (Å²) in [5.41, 5.74) is 7.27. The largest absolute Gasteiger partial charge is 0.395 e. The van der Waals surface area contributed by atoms with Crippen molar-refractivity contribution in [2.24, 2.45) is 5.73 Å². The van der Waals surface area contributed by atoms with E-state index < -0.39 is 16.4 Å². The number of nitrogens with zero attached hydrogens (tertiary/aromatic N) is 2. The minimum absolute atomic E-state index is 0.205. The highest BCUT2D eigenvalue weighted by molar-refractivity contribution is 7.91. The average molecular weight is 284 g/mol. The number of hydrogen-bond acceptors (Lipinski definition) is 6. The van der Waals surface area contributed by atoms with Crippen molar-refractivity contribution in [1.82, 2.24) is 15.4 Å². The fraction of sp³-hybridized carbons (Fsp3) is 0.455. The molecule has 104 valence electrons. The van der Waals surface area contributed by atoms with Gasteiger partial charge >= 0.3 is 0 Å². The van der Waals surface area contributed by atoms with Gasteiger partial charge in [0.15, 0.2) is 9.84 Å². The molecule has 0 amide bonds. The molecule has 0 atom stereocenters. The summed E-state index contributed by atoms with van der Waals surface area (Å²) in [6.45, 7) is 0.0588. The molecule has 0 spiro atoms. The number of H-pyrrole nitrogens is 1. The van der Waals surface area contributed by atoms with Crippen LogP contribution in [0.5, 0.6) is 0 Å². The molecule has 1 aromatic carbocycles. The quantitative estimate of drug-likeness (QED) is 0.664. The molecule has 0 radical (unpaired) electrons. The number of aryl methyl sites for hydroxylation is 1. The van der Waals surface area contributed by atoms with Crippen LogP contribution >= 0.6 is 0 Å². The molecule has 2 rings (SSSR count). The van der Waals surface area contributed by atoms with E-state index in [4.69, 9.17) is 10.8 Å². The zero-order chi connectivity index (χ0) is 13.9. The highest BCUT2D eigenvalue weighted by Crippen LogP contribution is 2.25. The summed E-state index contributed by atoms with van der Waals surface area (Å²) >= 11 is 0. The molecule has 0 fully saturated rings. The van der Waals surface area contributed by atoms with Crippen molar-refractivity contribution in [2.45, 2.75) is 17.7 Å². The van der Waals surface area contributed by atoms with E-state index in [9.17, 15) is 8.42 Å². The number of aromatic nitrogens is 3. The van der Waals surface area contributed by atoms with E-state index >= 15 is 0 Å². The van der Waals surface area contributed by atoms with Gasteiger partial charge in [0.05, 0.1) is 17.3 Å². The van der Waals surface area contributed by atoms with Gasteiger partial charge in [0.2, 0.25) is 0 Å². The van der Waals surface area contributed by atoms with Crippen LogP contribution in [0.3, 0.4) is 0 Å². The van der Waals surface area contributed by atoms with Crippen molar-refractivity contribution in [1.29, 1.82) is 0 Å². The molecule has 0 saturated carbocycles. The van der Waals surface area contributed by atoms with E-state index in [-0.39, 0.29) is 10.6 Å². The second-order valence-corrected chi connectivity index (χ2v) is 6.25. The Kier molecular flexibility index (Phi) is 4.13. The van der Waals surface area contributed by atoms with E-state index in [2.05, 4.69) is 15.4 Å². The molecule has 0 aliphatic rings. The van der Waals surface area contributed by atoms with Crippen LogP contribution < -0.4 is 5.73 Å². The third kappa shape index (κ3) is 2.75. The van der Waals surface area contributed by atoms with Crippen molar-refractivity contribution >= 4 is 20.9 Å². The van der Waals surface area contributed by atoms with Gasteiger partial charge in [-0.3, -0.25) is 0 Å². The van der Waals surface area contributed by atoms with E-state index in [1.165, 1.54) is 6.07 Å². The Labute approximate surface area is 110 Å². The Balaban J connectivity index is 2.59. The van der Waals surface area contributed by atoms with Gasteiger partial charge in [-0.25, -0.2) is 8.42 Å². The molecule has 0 saturated heterocycles. The number of benzene rings is 1. The van der Waals surface area contributed by atoms with Gasteiger partial charge in [-0.15, -0.1) is 0 Å². The van der Waals surface area contributed by atoms with E-state index in [1.54, 1.807) is 6.07 Å². The first-order chi connectivity index (χ1) is 9.10. The average Bonchev–Trinajstić information content (AvgIpc) is 2.84. The second-order valence-electron chi connectivity index (χ2n) is 4.17. The lowest BCUT2D eigenvalue weighted by Gasteiger charge is -2.09. The lowest BCUT2D eigenvalue weighted by atomic mass is 10.1. The first-order valence-corrected chi connectivity index (χ1v) is 7.61. The zero-order valence-electron chi connectivity index (χ0n) is 10.3. The number of fused-ring (bicyclic) bond motifs is 1. The molecule has 0 bridgehead atoms. The maximum atomic E-state index is 12.1. The fourth-order valence-corrected chi connectivity index (χ4v) is 3.30. The van der Waals surface area contributed by atoms with Gasteiger partial charge in [-0.05, 0) is 31.5 Å². The normalized spacial score (nSPS) is 12.1. The Morgan fingerprint density at radius 3 is 2.79 bits per heavy atom. The number of aromatic amines is 1. The summed E-state index contributed by atoms with van der Waals surface area (Å²) < 4.78 is 24.3. The Morgan fingerprint density at radius 2 is 2.11 bits per heavy atom. The number of hydrogen-bond donors (Lipinski definition) is 3. The van der Waals surface area contributed by atoms with Crippen molar-refractivity contribution in [3.8, 4) is 0 Å². The van der Waals surface area contributed by atoms with Crippen LogP contribution in [0.25, 0.3) is 11.0 Å². The zero-order valence-corrected chi connectivity index (χ0v) is 11.2. The smallest absolute Gasteiger partial charge is 0.180 e. The molecule has 19 heavy (non-hydrogen) atoms. The van der Waals surface area contributed by atoms with Crippen LogP contribution in [0.2, 0.25) is 0 Å². The van der Waals surface area contributed by atoms with Crippen LogP contribution in [0.4, 0.5) is 0 Å². The second kappa shape index (κ2) is 5.64. The molecule has 0 aliphatic heterocycles. The number of aliphatic hydroxyl groups excluding tert-OH is 1. The van der Waals surface area contributed by atoms with Crippen LogP contribution in [0, 0.1) is 0 Å². The van der Waals surface area contributed by atoms with Gasteiger partial charge in [0, 0.05) is 5.56 Å².